The number of carbonyl (C=O) groups excluding carboxylic acids is 2. The average Bonchev–Trinajstić information content (AvgIpc) is 3.31. The van der Waals surface area contributed by atoms with Crippen molar-refractivity contribution in [2.75, 3.05) is 6.61 Å². The first kappa shape index (κ1) is 17.7. The van der Waals surface area contributed by atoms with Crippen LogP contribution in [0.25, 0.3) is 11.1 Å². The first-order chi connectivity index (χ1) is 13.2. The minimum absolute atomic E-state index is 0.149. The van der Waals surface area contributed by atoms with Crippen LogP contribution in [0, 0.1) is 0 Å². The molecule has 2 aromatic carbocycles. The largest absolute Gasteiger partial charge is 0.394 e. The number of fused-ring (bicyclic) bond motifs is 3. The Kier molecular flexibility index (Phi) is 4.94. The summed E-state index contributed by atoms with van der Waals surface area (Å²) in [7, 11) is 0. The summed E-state index contributed by atoms with van der Waals surface area (Å²) in [6, 6.07) is 14.9. The molecule has 2 aliphatic rings. The van der Waals surface area contributed by atoms with Crippen molar-refractivity contribution in [3.8, 4) is 11.1 Å². The van der Waals surface area contributed by atoms with Crippen LogP contribution in [-0.4, -0.2) is 35.6 Å². The third-order valence-corrected chi connectivity index (χ3v) is 5.61. The van der Waals surface area contributed by atoms with Crippen LogP contribution >= 0.6 is 0 Å². The van der Waals surface area contributed by atoms with E-state index in [0.29, 0.717) is 0 Å². The van der Waals surface area contributed by atoms with Crippen LogP contribution in [0.4, 0.5) is 0 Å². The summed E-state index contributed by atoms with van der Waals surface area (Å²) >= 11 is 0. The maximum atomic E-state index is 13.1. The number of nitrogens with one attached hydrogen (secondary N) is 2. The van der Waals surface area contributed by atoms with Gasteiger partial charge in [0.1, 0.15) is 6.04 Å². The van der Waals surface area contributed by atoms with E-state index in [2.05, 4.69) is 10.6 Å². The molecule has 0 radical (unpaired) electrons. The van der Waals surface area contributed by atoms with E-state index in [4.69, 9.17) is 0 Å². The topological polar surface area (TPSA) is 78.4 Å². The molecular formula is C22H24N2O3. The second-order valence-corrected chi connectivity index (χ2v) is 7.34. The fourth-order valence-corrected chi connectivity index (χ4v) is 4.26. The van der Waals surface area contributed by atoms with Crippen LogP contribution in [0.15, 0.2) is 48.5 Å². The number of carbonyl (C=O) groups is 2. The SMILES string of the molecule is O=C(NC1CCCC1)C(CO)NC(=O)C1c2ccccc2-c2ccccc21. The van der Waals surface area contributed by atoms with Gasteiger partial charge >= 0.3 is 0 Å². The molecule has 2 aliphatic carbocycles. The third-order valence-electron chi connectivity index (χ3n) is 5.61. The van der Waals surface area contributed by atoms with Crippen LogP contribution in [-0.2, 0) is 9.59 Å². The Labute approximate surface area is 158 Å². The number of hydrogen-bond donors (Lipinski definition) is 3. The highest BCUT2D eigenvalue weighted by Crippen LogP contribution is 2.44. The molecule has 2 amide bonds. The quantitative estimate of drug-likeness (QED) is 0.762. The summed E-state index contributed by atoms with van der Waals surface area (Å²) in [5, 5.41) is 15.4. The van der Waals surface area contributed by atoms with Crippen LogP contribution in [0.3, 0.4) is 0 Å². The van der Waals surface area contributed by atoms with Gasteiger partial charge in [-0.15, -0.1) is 0 Å². The van der Waals surface area contributed by atoms with Crippen molar-refractivity contribution in [1.82, 2.24) is 10.6 Å². The van der Waals surface area contributed by atoms with E-state index in [1.807, 2.05) is 48.5 Å². The average molecular weight is 364 g/mol. The highest BCUT2D eigenvalue weighted by molar-refractivity contribution is 5.98. The van der Waals surface area contributed by atoms with Crippen molar-refractivity contribution < 1.29 is 14.7 Å². The highest BCUT2D eigenvalue weighted by atomic mass is 16.3. The molecule has 140 valence electrons. The highest BCUT2D eigenvalue weighted by Gasteiger charge is 2.35. The van der Waals surface area contributed by atoms with Gasteiger partial charge in [0.05, 0.1) is 12.5 Å². The molecule has 1 saturated carbocycles. The number of benzene rings is 2. The van der Waals surface area contributed by atoms with Gasteiger partial charge in [-0.2, -0.15) is 0 Å². The zero-order valence-electron chi connectivity index (χ0n) is 15.2. The van der Waals surface area contributed by atoms with E-state index in [0.717, 1.165) is 47.9 Å². The van der Waals surface area contributed by atoms with Gasteiger partial charge in [-0.1, -0.05) is 61.4 Å². The van der Waals surface area contributed by atoms with Crippen LogP contribution in [0.1, 0.15) is 42.7 Å². The molecule has 5 nitrogen and oxygen atoms in total. The fourth-order valence-electron chi connectivity index (χ4n) is 4.26. The molecule has 0 bridgehead atoms. The van der Waals surface area contributed by atoms with Gasteiger partial charge in [-0.3, -0.25) is 9.59 Å². The van der Waals surface area contributed by atoms with Crippen LogP contribution in [0.2, 0.25) is 0 Å². The van der Waals surface area contributed by atoms with Crippen molar-refractivity contribution in [2.45, 2.75) is 43.7 Å². The van der Waals surface area contributed by atoms with Crippen molar-refractivity contribution in [1.29, 1.82) is 0 Å². The molecule has 0 saturated heterocycles. The number of aliphatic hydroxyl groups is 1. The second-order valence-electron chi connectivity index (χ2n) is 7.34. The van der Waals surface area contributed by atoms with Gasteiger partial charge in [0.25, 0.3) is 0 Å². The molecule has 1 atom stereocenters. The predicted octanol–water partition coefficient (Wildman–Crippen LogP) is 2.33. The van der Waals surface area contributed by atoms with Crippen LogP contribution < -0.4 is 10.6 Å². The summed E-state index contributed by atoms with van der Waals surface area (Å²) in [6.45, 7) is -0.416. The molecule has 27 heavy (non-hydrogen) atoms. The zero-order chi connectivity index (χ0) is 18.8. The number of aliphatic hydroxyl groups excluding tert-OH is 1. The second kappa shape index (κ2) is 7.53. The monoisotopic (exact) mass is 364 g/mol. The minimum Gasteiger partial charge on any atom is -0.394 e. The number of hydrogen-bond acceptors (Lipinski definition) is 3. The Bertz CT molecular complexity index is 813. The van der Waals surface area contributed by atoms with E-state index in [9.17, 15) is 14.7 Å². The molecule has 1 unspecified atom stereocenters. The molecule has 0 aromatic heterocycles. The molecule has 4 rings (SSSR count). The molecule has 5 heteroatoms. The first-order valence-electron chi connectivity index (χ1n) is 9.59. The molecule has 0 aliphatic heterocycles. The lowest BCUT2D eigenvalue weighted by Gasteiger charge is -2.21. The standard InChI is InChI=1S/C22H24N2O3/c25-13-19(21(26)23-14-7-1-2-8-14)24-22(27)20-17-11-5-3-9-15(17)16-10-4-6-12-18(16)20/h3-6,9-12,14,19-20,25H,1-2,7-8,13H2,(H,23,26)(H,24,27). The van der Waals surface area contributed by atoms with Gasteiger partial charge < -0.3 is 15.7 Å². The van der Waals surface area contributed by atoms with Gasteiger partial charge in [0.15, 0.2) is 0 Å². The van der Waals surface area contributed by atoms with Gasteiger partial charge in [-0.25, -0.2) is 0 Å². The Hall–Kier alpha value is -2.66. The third kappa shape index (κ3) is 3.35. The van der Waals surface area contributed by atoms with E-state index >= 15 is 0 Å². The molecule has 0 heterocycles. The molecule has 2 aromatic rings. The molecule has 1 fully saturated rings. The maximum Gasteiger partial charge on any atom is 0.245 e. The van der Waals surface area contributed by atoms with Gasteiger partial charge in [0, 0.05) is 6.04 Å². The van der Waals surface area contributed by atoms with E-state index < -0.39 is 18.6 Å². The Morgan fingerprint density at radius 1 is 0.963 bits per heavy atom. The molecular weight excluding hydrogens is 340 g/mol. The van der Waals surface area contributed by atoms with Crippen LogP contribution in [0.5, 0.6) is 0 Å². The predicted molar refractivity (Wildman–Crippen MR) is 103 cm³/mol. The van der Waals surface area contributed by atoms with Crippen molar-refractivity contribution in [3.05, 3.63) is 59.7 Å². The van der Waals surface area contributed by atoms with Gasteiger partial charge in [-0.05, 0) is 35.1 Å². The maximum absolute atomic E-state index is 13.1. The fraction of sp³-hybridized carbons (Fsp3) is 0.364. The minimum atomic E-state index is -0.932. The summed E-state index contributed by atoms with van der Waals surface area (Å²) < 4.78 is 0. The van der Waals surface area contributed by atoms with Crippen molar-refractivity contribution in [2.24, 2.45) is 0 Å². The molecule has 0 spiro atoms. The normalized spacial score (nSPS) is 17.2. The Morgan fingerprint density at radius 3 is 2.07 bits per heavy atom. The Morgan fingerprint density at radius 2 is 1.52 bits per heavy atom. The van der Waals surface area contributed by atoms with Crippen molar-refractivity contribution >= 4 is 11.8 Å². The molecule has 3 N–H and O–H groups in total. The lowest BCUT2D eigenvalue weighted by molar-refractivity contribution is -0.130. The summed E-state index contributed by atoms with van der Waals surface area (Å²) in [6.07, 6.45) is 4.13. The number of rotatable bonds is 5. The van der Waals surface area contributed by atoms with Crippen molar-refractivity contribution in [3.63, 3.8) is 0 Å². The lowest BCUT2D eigenvalue weighted by Crippen LogP contribution is -2.52. The van der Waals surface area contributed by atoms with E-state index in [-0.39, 0.29) is 17.9 Å². The lowest BCUT2D eigenvalue weighted by atomic mass is 9.95. The van der Waals surface area contributed by atoms with Gasteiger partial charge in [0.2, 0.25) is 11.8 Å². The van der Waals surface area contributed by atoms with E-state index in [1.165, 1.54) is 0 Å². The Balaban J connectivity index is 1.54. The summed E-state index contributed by atoms with van der Waals surface area (Å²) in [5.41, 5.74) is 3.96. The summed E-state index contributed by atoms with van der Waals surface area (Å²) in [5.74, 6) is -1.03. The first-order valence-corrected chi connectivity index (χ1v) is 9.59. The smallest absolute Gasteiger partial charge is 0.245 e. The zero-order valence-corrected chi connectivity index (χ0v) is 15.2. The van der Waals surface area contributed by atoms with E-state index in [1.54, 1.807) is 0 Å². The number of amides is 2. The summed E-state index contributed by atoms with van der Waals surface area (Å²) in [4.78, 5) is 25.6.